The van der Waals surface area contributed by atoms with Gasteiger partial charge in [-0.2, -0.15) is 9.41 Å². The second kappa shape index (κ2) is 9.73. The molecule has 2 aromatic carbocycles. The molecule has 1 fully saturated rings. The van der Waals surface area contributed by atoms with Crippen molar-refractivity contribution < 1.29 is 27.6 Å². The molecule has 0 atom stereocenters. The lowest BCUT2D eigenvalue weighted by atomic mass is 10.2. The van der Waals surface area contributed by atoms with Gasteiger partial charge in [-0.15, -0.1) is 0 Å². The van der Waals surface area contributed by atoms with Crippen LogP contribution in [0, 0.1) is 10.1 Å². The van der Waals surface area contributed by atoms with Crippen LogP contribution < -0.4 is 14.9 Å². The number of morpholine rings is 1. The third kappa shape index (κ3) is 5.10. The highest BCUT2D eigenvalue weighted by Gasteiger charge is 2.28. The van der Waals surface area contributed by atoms with E-state index in [1.165, 1.54) is 36.9 Å². The van der Waals surface area contributed by atoms with Crippen molar-refractivity contribution in [3.63, 3.8) is 0 Å². The van der Waals surface area contributed by atoms with Crippen LogP contribution in [0.25, 0.3) is 0 Å². The molecule has 1 aliphatic heterocycles. The van der Waals surface area contributed by atoms with Crippen LogP contribution in [0.2, 0.25) is 0 Å². The second-order valence-electron chi connectivity index (χ2n) is 6.43. The highest BCUT2D eigenvalue weighted by atomic mass is 32.2. The van der Waals surface area contributed by atoms with E-state index in [-0.39, 0.29) is 36.9 Å². The first-order valence-electron chi connectivity index (χ1n) is 9.24. The maximum Gasteiger partial charge on any atom is 0.295 e. The lowest BCUT2D eigenvalue weighted by Gasteiger charge is -2.26. The zero-order valence-electron chi connectivity index (χ0n) is 17.0. The number of anilines is 1. The van der Waals surface area contributed by atoms with Crippen molar-refractivity contribution in [1.82, 2.24) is 4.31 Å². The van der Waals surface area contributed by atoms with Crippen molar-refractivity contribution in [2.24, 2.45) is 5.10 Å². The number of hydrogen-bond donors (Lipinski definition) is 1. The van der Waals surface area contributed by atoms with E-state index < -0.39 is 20.6 Å². The van der Waals surface area contributed by atoms with Crippen LogP contribution in [0.4, 0.5) is 11.4 Å². The van der Waals surface area contributed by atoms with E-state index in [0.717, 1.165) is 6.07 Å². The summed E-state index contributed by atoms with van der Waals surface area (Å²) in [5.74, 6) is 1.11. The molecule has 0 saturated carbocycles. The van der Waals surface area contributed by atoms with E-state index in [4.69, 9.17) is 14.2 Å². The summed E-state index contributed by atoms with van der Waals surface area (Å²) in [6.07, 6.45) is 1.43. The van der Waals surface area contributed by atoms with E-state index in [1.54, 1.807) is 18.2 Å². The van der Waals surface area contributed by atoms with Gasteiger partial charge in [0.2, 0.25) is 10.0 Å². The van der Waals surface area contributed by atoms with Crippen LogP contribution >= 0.6 is 0 Å². The Hall–Kier alpha value is -3.22. The molecule has 11 nitrogen and oxygen atoms in total. The number of nitro benzene ring substituents is 1. The Morgan fingerprint density at radius 1 is 1.16 bits per heavy atom. The Morgan fingerprint density at radius 3 is 2.55 bits per heavy atom. The van der Waals surface area contributed by atoms with Gasteiger partial charge in [0.15, 0.2) is 0 Å². The monoisotopic (exact) mass is 450 g/mol. The van der Waals surface area contributed by atoms with Gasteiger partial charge in [0.05, 0.1) is 43.5 Å². The topological polar surface area (TPSA) is 133 Å². The Bertz CT molecular complexity index is 1080. The summed E-state index contributed by atoms with van der Waals surface area (Å²) in [4.78, 5) is 10.7. The van der Waals surface area contributed by atoms with Crippen LogP contribution in [-0.2, 0) is 14.8 Å². The minimum Gasteiger partial charge on any atom is -0.497 e. The number of methoxy groups -OCH3 is 2. The van der Waals surface area contributed by atoms with Gasteiger partial charge in [-0.05, 0) is 24.3 Å². The van der Waals surface area contributed by atoms with Crippen molar-refractivity contribution in [1.29, 1.82) is 0 Å². The number of benzene rings is 2. The zero-order valence-corrected chi connectivity index (χ0v) is 17.8. The normalized spacial score (nSPS) is 15.0. The van der Waals surface area contributed by atoms with Crippen LogP contribution in [0.5, 0.6) is 11.5 Å². The van der Waals surface area contributed by atoms with E-state index >= 15 is 0 Å². The van der Waals surface area contributed by atoms with Crippen LogP contribution in [0.1, 0.15) is 5.56 Å². The summed E-state index contributed by atoms with van der Waals surface area (Å²) in [5, 5.41) is 15.6. The fourth-order valence-corrected chi connectivity index (χ4v) is 4.38. The number of sulfonamides is 1. The molecular weight excluding hydrogens is 428 g/mol. The summed E-state index contributed by atoms with van der Waals surface area (Å²) in [5.41, 5.74) is 2.85. The van der Waals surface area contributed by atoms with Crippen molar-refractivity contribution in [2.45, 2.75) is 4.90 Å². The predicted molar refractivity (Wildman–Crippen MR) is 113 cm³/mol. The van der Waals surface area contributed by atoms with Crippen molar-refractivity contribution in [3.05, 3.63) is 52.1 Å². The maximum atomic E-state index is 12.8. The van der Waals surface area contributed by atoms with Crippen LogP contribution in [-0.4, -0.2) is 64.4 Å². The Labute approximate surface area is 179 Å². The van der Waals surface area contributed by atoms with Crippen LogP contribution in [0.3, 0.4) is 0 Å². The molecule has 3 rings (SSSR count). The van der Waals surface area contributed by atoms with Gasteiger partial charge in [0, 0.05) is 30.8 Å². The summed E-state index contributed by atoms with van der Waals surface area (Å²) >= 11 is 0. The molecule has 0 aromatic heterocycles. The molecule has 1 N–H and O–H groups in total. The van der Waals surface area contributed by atoms with Gasteiger partial charge in [0.25, 0.3) is 5.69 Å². The number of nitro groups is 1. The van der Waals surface area contributed by atoms with Gasteiger partial charge < -0.3 is 14.2 Å². The first-order valence-corrected chi connectivity index (χ1v) is 10.7. The molecule has 1 aliphatic rings. The molecule has 0 spiro atoms. The Kier molecular flexibility index (Phi) is 7.05. The van der Waals surface area contributed by atoms with Gasteiger partial charge in [0.1, 0.15) is 17.2 Å². The number of nitrogens with zero attached hydrogens (tertiary/aromatic N) is 3. The van der Waals surface area contributed by atoms with Gasteiger partial charge in [-0.1, -0.05) is 0 Å². The molecule has 0 bridgehead atoms. The average Bonchev–Trinajstić information content (AvgIpc) is 2.79. The minimum atomic E-state index is -3.86. The summed E-state index contributed by atoms with van der Waals surface area (Å²) in [6.45, 7) is 0.962. The van der Waals surface area contributed by atoms with Gasteiger partial charge in [-0.25, -0.2) is 8.42 Å². The van der Waals surface area contributed by atoms with Crippen LogP contribution in [0.15, 0.2) is 46.4 Å². The third-order valence-corrected chi connectivity index (χ3v) is 6.50. The van der Waals surface area contributed by atoms with E-state index in [1.807, 2.05) is 0 Å². The zero-order chi connectivity index (χ0) is 22.4. The number of hydrogen-bond acceptors (Lipinski definition) is 9. The molecule has 0 amide bonds. The molecule has 166 valence electrons. The molecule has 2 aromatic rings. The summed E-state index contributed by atoms with van der Waals surface area (Å²) < 4.78 is 42.4. The van der Waals surface area contributed by atoms with Gasteiger partial charge in [-0.3, -0.25) is 15.5 Å². The fraction of sp³-hybridized carbons (Fsp3) is 0.316. The molecule has 12 heteroatoms. The van der Waals surface area contributed by atoms with E-state index in [0.29, 0.717) is 17.1 Å². The largest absolute Gasteiger partial charge is 0.497 e. The Morgan fingerprint density at radius 2 is 1.90 bits per heavy atom. The van der Waals surface area contributed by atoms with E-state index in [9.17, 15) is 18.5 Å². The summed E-state index contributed by atoms with van der Waals surface area (Å²) in [6, 6.07) is 8.76. The van der Waals surface area contributed by atoms with Gasteiger partial charge >= 0.3 is 0 Å². The SMILES string of the molecule is COc1ccc(/C=N/Nc2ccc(S(=O)(=O)N3CCOCC3)cc2[N+](=O)[O-])c(OC)c1. The molecule has 1 saturated heterocycles. The first-order chi connectivity index (χ1) is 14.9. The predicted octanol–water partition coefficient (Wildman–Crippen LogP) is 2.08. The standard InChI is InChI=1S/C19H22N4O7S/c1-28-15-4-3-14(19(11-15)29-2)13-20-21-17-6-5-16(12-18(17)23(24)25)31(26,27)22-7-9-30-10-8-22/h3-6,11-13,21H,7-10H2,1-2H3/b20-13+. The molecular formula is C19H22N4O7S. The maximum absolute atomic E-state index is 12.8. The Balaban J connectivity index is 1.84. The minimum absolute atomic E-state index is 0.0506. The highest BCUT2D eigenvalue weighted by Crippen LogP contribution is 2.29. The van der Waals surface area contributed by atoms with Crippen molar-refractivity contribution >= 4 is 27.6 Å². The van der Waals surface area contributed by atoms with Crippen molar-refractivity contribution in [2.75, 3.05) is 45.9 Å². The molecule has 0 aliphatic carbocycles. The first kappa shape index (κ1) is 22.5. The number of rotatable bonds is 8. The molecule has 0 unspecified atom stereocenters. The number of ether oxygens (including phenoxy) is 3. The highest BCUT2D eigenvalue weighted by molar-refractivity contribution is 7.89. The quantitative estimate of drug-likeness (QED) is 0.367. The number of nitrogens with one attached hydrogen (secondary N) is 1. The average molecular weight is 450 g/mol. The summed E-state index contributed by atoms with van der Waals surface area (Å²) in [7, 11) is -0.828. The lowest BCUT2D eigenvalue weighted by Crippen LogP contribution is -2.40. The number of hydrazone groups is 1. The second-order valence-corrected chi connectivity index (χ2v) is 8.37. The lowest BCUT2D eigenvalue weighted by molar-refractivity contribution is -0.384. The molecule has 1 heterocycles. The third-order valence-electron chi connectivity index (χ3n) is 4.60. The molecule has 31 heavy (non-hydrogen) atoms. The van der Waals surface area contributed by atoms with Crippen molar-refractivity contribution in [3.8, 4) is 11.5 Å². The smallest absolute Gasteiger partial charge is 0.295 e. The fourth-order valence-electron chi connectivity index (χ4n) is 2.95. The van der Waals surface area contributed by atoms with E-state index in [2.05, 4.69) is 10.5 Å². The molecule has 0 radical (unpaired) electrons.